The highest BCUT2D eigenvalue weighted by Gasteiger charge is 2.29. The van der Waals surface area contributed by atoms with Crippen LogP contribution in [0.4, 0.5) is 0 Å². The number of aryl methyl sites for hydroxylation is 1. The first-order valence-electron chi connectivity index (χ1n) is 8.17. The Morgan fingerprint density at radius 1 is 1.39 bits per heavy atom. The summed E-state index contributed by atoms with van der Waals surface area (Å²) in [5.41, 5.74) is 2.20. The molecule has 23 heavy (non-hydrogen) atoms. The highest BCUT2D eigenvalue weighted by molar-refractivity contribution is 7.91. The fraction of sp³-hybridized carbons (Fsp3) is 0.733. The summed E-state index contributed by atoms with van der Waals surface area (Å²) in [4.78, 5) is 12.1. The van der Waals surface area contributed by atoms with Crippen LogP contribution in [0.15, 0.2) is 6.20 Å². The number of sulfone groups is 1. The molecule has 1 amide bonds. The van der Waals surface area contributed by atoms with Crippen LogP contribution in [-0.2, 0) is 21.2 Å². The van der Waals surface area contributed by atoms with Crippen molar-refractivity contribution in [2.45, 2.75) is 44.7 Å². The molecule has 0 saturated carbocycles. The van der Waals surface area contributed by atoms with Gasteiger partial charge >= 0.3 is 0 Å². The molecule has 0 spiro atoms. The van der Waals surface area contributed by atoms with Gasteiger partial charge in [0.2, 0.25) is 5.91 Å². The van der Waals surface area contributed by atoms with Crippen LogP contribution >= 0.6 is 0 Å². The number of rotatable bonds is 4. The number of amides is 1. The van der Waals surface area contributed by atoms with Crippen molar-refractivity contribution in [2.24, 2.45) is 0 Å². The van der Waals surface area contributed by atoms with Gasteiger partial charge in [-0.2, -0.15) is 5.10 Å². The van der Waals surface area contributed by atoms with Crippen LogP contribution in [0.5, 0.6) is 0 Å². The molecule has 0 unspecified atom stereocenters. The number of aromatic nitrogens is 2. The van der Waals surface area contributed by atoms with Gasteiger partial charge in [0, 0.05) is 12.2 Å². The molecule has 3 rings (SSSR count). The molecule has 128 valence electrons. The van der Waals surface area contributed by atoms with E-state index in [2.05, 4.69) is 15.7 Å². The first-order chi connectivity index (χ1) is 10.9. The van der Waals surface area contributed by atoms with Crippen LogP contribution in [0, 0.1) is 6.92 Å². The van der Waals surface area contributed by atoms with Gasteiger partial charge in [0.05, 0.1) is 17.2 Å². The maximum Gasteiger partial charge on any atom is 0.241 e. The summed E-state index contributed by atoms with van der Waals surface area (Å²) in [6, 6.07) is -0.256. The van der Waals surface area contributed by atoms with Crippen molar-refractivity contribution >= 4 is 15.7 Å². The summed E-state index contributed by atoms with van der Waals surface area (Å²) in [6.07, 6.45) is 4.67. The van der Waals surface area contributed by atoms with E-state index in [-0.39, 0.29) is 30.0 Å². The molecule has 0 radical (unpaired) electrons. The molecule has 2 aliphatic heterocycles. The van der Waals surface area contributed by atoms with Gasteiger partial charge in [0.1, 0.15) is 6.54 Å². The van der Waals surface area contributed by atoms with E-state index < -0.39 is 9.84 Å². The van der Waals surface area contributed by atoms with E-state index in [1.807, 2.05) is 13.1 Å². The van der Waals surface area contributed by atoms with Crippen LogP contribution in [0.3, 0.4) is 0 Å². The zero-order chi connectivity index (χ0) is 16.4. The Kier molecular flexibility index (Phi) is 4.72. The topological polar surface area (TPSA) is 93.1 Å². The molecule has 1 aromatic heterocycles. The minimum atomic E-state index is -2.97. The first kappa shape index (κ1) is 16.4. The number of nitrogens with one attached hydrogen (secondary N) is 2. The minimum Gasteiger partial charge on any atom is -0.351 e. The summed E-state index contributed by atoms with van der Waals surface area (Å²) < 4.78 is 24.5. The van der Waals surface area contributed by atoms with E-state index in [0.29, 0.717) is 12.3 Å². The number of carbonyl (C=O) groups is 1. The zero-order valence-corrected chi connectivity index (χ0v) is 14.2. The van der Waals surface area contributed by atoms with Crippen molar-refractivity contribution in [1.82, 2.24) is 20.4 Å². The predicted octanol–water partition coefficient (Wildman–Crippen LogP) is -0.0382. The molecule has 0 aromatic carbocycles. The molecule has 7 nitrogen and oxygen atoms in total. The van der Waals surface area contributed by atoms with Gasteiger partial charge in [-0.3, -0.25) is 9.48 Å². The van der Waals surface area contributed by atoms with E-state index in [1.165, 1.54) is 5.56 Å². The second-order valence-corrected chi connectivity index (χ2v) is 8.79. The molecule has 1 aromatic rings. The van der Waals surface area contributed by atoms with Crippen LogP contribution in [-0.4, -0.2) is 54.7 Å². The molecule has 3 heterocycles. The Bertz CT molecular complexity index is 677. The Balaban J connectivity index is 1.58. The number of hydrogen-bond acceptors (Lipinski definition) is 5. The van der Waals surface area contributed by atoms with E-state index in [9.17, 15) is 13.2 Å². The molecule has 0 aliphatic carbocycles. The van der Waals surface area contributed by atoms with E-state index in [4.69, 9.17) is 0 Å². The lowest BCUT2D eigenvalue weighted by Crippen LogP contribution is -2.37. The average Bonchev–Trinajstić information content (AvgIpc) is 3.02. The molecular formula is C15H24N4O3S. The van der Waals surface area contributed by atoms with E-state index >= 15 is 0 Å². The summed E-state index contributed by atoms with van der Waals surface area (Å²) in [6.45, 7) is 4.16. The molecule has 1 atom stereocenters. The van der Waals surface area contributed by atoms with Crippen molar-refractivity contribution in [3.63, 3.8) is 0 Å². The van der Waals surface area contributed by atoms with Crippen molar-refractivity contribution < 1.29 is 13.2 Å². The van der Waals surface area contributed by atoms with Gasteiger partial charge in [-0.25, -0.2) is 8.42 Å². The average molecular weight is 340 g/mol. The van der Waals surface area contributed by atoms with Crippen molar-refractivity contribution in [2.75, 3.05) is 24.6 Å². The van der Waals surface area contributed by atoms with Gasteiger partial charge in [0.15, 0.2) is 9.84 Å². The third kappa shape index (κ3) is 4.11. The Morgan fingerprint density at radius 3 is 2.78 bits per heavy atom. The summed E-state index contributed by atoms with van der Waals surface area (Å²) in [7, 11) is -2.97. The van der Waals surface area contributed by atoms with Crippen LogP contribution in [0.2, 0.25) is 0 Å². The molecule has 0 bridgehead atoms. The second kappa shape index (κ2) is 6.60. The van der Waals surface area contributed by atoms with E-state index in [1.54, 1.807) is 4.68 Å². The van der Waals surface area contributed by atoms with Gasteiger partial charge in [-0.05, 0) is 50.8 Å². The van der Waals surface area contributed by atoms with Crippen molar-refractivity contribution in [3.8, 4) is 0 Å². The van der Waals surface area contributed by atoms with Crippen LogP contribution < -0.4 is 10.6 Å². The third-order valence-corrected chi connectivity index (χ3v) is 6.43. The zero-order valence-electron chi connectivity index (χ0n) is 13.4. The monoisotopic (exact) mass is 340 g/mol. The summed E-state index contributed by atoms with van der Waals surface area (Å²) in [5, 5.41) is 10.6. The Morgan fingerprint density at radius 2 is 2.13 bits per heavy atom. The predicted molar refractivity (Wildman–Crippen MR) is 87.0 cm³/mol. The van der Waals surface area contributed by atoms with Crippen LogP contribution in [0.25, 0.3) is 0 Å². The fourth-order valence-electron chi connectivity index (χ4n) is 3.48. The van der Waals surface area contributed by atoms with Gasteiger partial charge in [0.25, 0.3) is 0 Å². The number of nitrogens with zero attached hydrogens (tertiary/aromatic N) is 2. The van der Waals surface area contributed by atoms with Crippen molar-refractivity contribution in [3.05, 3.63) is 17.5 Å². The maximum atomic E-state index is 12.1. The Hall–Kier alpha value is -1.41. The quantitative estimate of drug-likeness (QED) is 0.802. The molecular weight excluding hydrogens is 316 g/mol. The third-order valence-electron chi connectivity index (χ3n) is 4.67. The lowest BCUT2D eigenvalue weighted by molar-refractivity contribution is -0.122. The van der Waals surface area contributed by atoms with Gasteiger partial charge in [-0.15, -0.1) is 0 Å². The largest absolute Gasteiger partial charge is 0.351 e. The van der Waals surface area contributed by atoms with Gasteiger partial charge in [-0.1, -0.05) is 0 Å². The molecule has 2 aliphatic rings. The minimum absolute atomic E-state index is 0.0528. The number of hydrogen-bond donors (Lipinski definition) is 2. The maximum absolute atomic E-state index is 12.1. The smallest absolute Gasteiger partial charge is 0.241 e. The van der Waals surface area contributed by atoms with Crippen molar-refractivity contribution in [1.29, 1.82) is 0 Å². The standard InChI is InChI=1S/C15H24N4O3S/c1-11-14(12-2-5-16-6-3-12)8-19(18-11)9-15(20)17-13-4-7-23(21,22)10-13/h8,12-13,16H,2-7,9-10H2,1H3,(H,17,20)/t13-/m0/s1. The normalized spacial score (nSPS) is 24.7. The SMILES string of the molecule is Cc1nn(CC(=O)N[C@H]2CCS(=O)(=O)C2)cc1C1CCNCC1. The molecule has 8 heteroatoms. The molecule has 2 saturated heterocycles. The van der Waals surface area contributed by atoms with Gasteiger partial charge < -0.3 is 10.6 Å². The fourth-order valence-corrected chi connectivity index (χ4v) is 5.15. The lowest BCUT2D eigenvalue weighted by Gasteiger charge is -2.22. The number of piperidine rings is 1. The van der Waals surface area contributed by atoms with E-state index in [0.717, 1.165) is 31.6 Å². The Labute approximate surface area is 136 Å². The highest BCUT2D eigenvalue weighted by atomic mass is 32.2. The summed E-state index contributed by atoms with van der Waals surface area (Å²) in [5.74, 6) is 0.551. The lowest BCUT2D eigenvalue weighted by atomic mass is 9.91. The number of carbonyl (C=O) groups excluding carboxylic acids is 1. The molecule has 2 fully saturated rings. The highest BCUT2D eigenvalue weighted by Crippen LogP contribution is 2.27. The molecule has 2 N–H and O–H groups in total. The van der Waals surface area contributed by atoms with Crippen LogP contribution in [0.1, 0.15) is 36.4 Å². The first-order valence-corrected chi connectivity index (χ1v) is 9.99. The summed E-state index contributed by atoms with van der Waals surface area (Å²) >= 11 is 0. The second-order valence-electron chi connectivity index (χ2n) is 6.56.